The van der Waals surface area contributed by atoms with Crippen LogP contribution >= 0.6 is 11.6 Å². The van der Waals surface area contributed by atoms with Gasteiger partial charge in [0, 0.05) is 10.6 Å². The zero-order valence-corrected chi connectivity index (χ0v) is 21.3. The molecule has 1 atom stereocenters. The summed E-state index contributed by atoms with van der Waals surface area (Å²) < 4.78 is 16.6. The molecule has 0 bridgehead atoms. The molecular weight excluding hydrogens is 520 g/mol. The van der Waals surface area contributed by atoms with Gasteiger partial charge in [0.15, 0.2) is 0 Å². The SMILES string of the molecule is O=C(NN(C(=O)OCc1ccccc1)[C@@]1(c2ccc(Cl)cc2)C(=O)Oc2ccccc21)OCc1ccccc1. The topological polar surface area (TPSA) is 94.2 Å². The van der Waals surface area contributed by atoms with E-state index in [1.54, 1.807) is 84.9 Å². The molecule has 9 heteroatoms. The van der Waals surface area contributed by atoms with Crippen molar-refractivity contribution in [3.05, 3.63) is 136 Å². The molecule has 0 fully saturated rings. The Bertz CT molecular complexity index is 1480. The Balaban J connectivity index is 1.54. The molecule has 1 aliphatic heterocycles. The molecule has 4 aromatic carbocycles. The van der Waals surface area contributed by atoms with Crippen molar-refractivity contribution in [2.75, 3.05) is 0 Å². The maximum Gasteiger partial charge on any atom is 0.430 e. The number of para-hydroxylation sites is 1. The Morgan fingerprint density at radius 2 is 1.33 bits per heavy atom. The van der Waals surface area contributed by atoms with Crippen LogP contribution in [-0.4, -0.2) is 23.2 Å². The molecule has 0 saturated carbocycles. The monoisotopic (exact) mass is 542 g/mol. The fraction of sp³-hybridized carbons (Fsp3) is 0.100. The van der Waals surface area contributed by atoms with Gasteiger partial charge in [-0.05, 0) is 34.9 Å². The number of nitrogens with zero attached hydrogens (tertiary/aromatic N) is 1. The molecule has 4 aromatic rings. The Labute approximate surface area is 229 Å². The molecule has 0 radical (unpaired) electrons. The van der Waals surface area contributed by atoms with Crippen LogP contribution in [0.25, 0.3) is 0 Å². The van der Waals surface area contributed by atoms with E-state index in [2.05, 4.69) is 5.43 Å². The Morgan fingerprint density at radius 1 is 0.769 bits per heavy atom. The number of halogens is 1. The first-order valence-corrected chi connectivity index (χ1v) is 12.4. The molecule has 1 heterocycles. The summed E-state index contributed by atoms with van der Waals surface area (Å²) in [4.78, 5) is 40.5. The van der Waals surface area contributed by atoms with E-state index in [1.807, 2.05) is 24.3 Å². The number of nitrogens with one attached hydrogen (secondary N) is 1. The van der Waals surface area contributed by atoms with Crippen molar-refractivity contribution in [1.82, 2.24) is 10.4 Å². The van der Waals surface area contributed by atoms with Gasteiger partial charge < -0.3 is 14.2 Å². The summed E-state index contributed by atoms with van der Waals surface area (Å²) in [6, 6.07) is 31.0. The van der Waals surface area contributed by atoms with Gasteiger partial charge in [0.25, 0.3) is 0 Å². The van der Waals surface area contributed by atoms with Gasteiger partial charge in [0.2, 0.25) is 5.54 Å². The normalized spacial score (nSPS) is 15.6. The van der Waals surface area contributed by atoms with Crippen molar-refractivity contribution in [3.63, 3.8) is 0 Å². The number of carbonyl (C=O) groups is 3. The summed E-state index contributed by atoms with van der Waals surface area (Å²) in [5.41, 5.74) is 2.63. The number of carbonyl (C=O) groups excluding carboxylic acids is 3. The van der Waals surface area contributed by atoms with Crippen molar-refractivity contribution in [1.29, 1.82) is 0 Å². The van der Waals surface area contributed by atoms with Crippen molar-refractivity contribution >= 4 is 29.8 Å². The fourth-order valence-corrected chi connectivity index (χ4v) is 4.47. The number of benzene rings is 4. The highest BCUT2D eigenvalue weighted by Gasteiger charge is 2.58. The summed E-state index contributed by atoms with van der Waals surface area (Å²) >= 11 is 6.13. The van der Waals surface area contributed by atoms with Crippen LogP contribution in [0, 0.1) is 0 Å². The van der Waals surface area contributed by atoms with Crippen LogP contribution in [0.5, 0.6) is 5.75 Å². The zero-order chi connectivity index (χ0) is 27.2. The second kappa shape index (κ2) is 11.3. The van der Waals surface area contributed by atoms with Crippen LogP contribution in [0.2, 0.25) is 5.02 Å². The van der Waals surface area contributed by atoms with Crippen LogP contribution < -0.4 is 10.2 Å². The predicted molar refractivity (Wildman–Crippen MR) is 143 cm³/mol. The Kier molecular flexibility index (Phi) is 7.47. The highest BCUT2D eigenvalue weighted by Crippen LogP contribution is 2.46. The fourth-order valence-electron chi connectivity index (χ4n) is 4.34. The van der Waals surface area contributed by atoms with E-state index >= 15 is 0 Å². The van der Waals surface area contributed by atoms with Crippen molar-refractivity contribution in [3.8, 4) is 5.75 Å². The van der Waals surface area contributed by atoms with Gasteiger partial charge in [-0.3, -0.25) is 0 Å². The van der Waals surface area contributed by atoms with E-state index in [-0.39, 0.29) is 19.0 Å². The number of ether oxygens (including phenoxy) is 3. The van der Waals surface area contributed by atoms with Gasteiger partial charge in [-0.2, -0.15) is 5.01 Å². The molecule has 0 unspecified atom stereocenters. The van der Waals surface area contributed by atoms with Crippen LogP contribution in [0.3, 0.4) is 0 Å². The third kappa shape index (κ3) is 5.28. The van der Waals surface area contributed by atoms with Crippen molar-refractivity contribution in [2.45, 2.75) is 18.8 Å². The second-order valence-electron chi connectivity index (χ2n) is 8.65. The first kappa shape index (κ1) is 25.8. The molecular formula is C30H23ClN2O6. The lowest BCUT2D eigenvalue weighted by Gasteiger charge is -2.37. The quantitative estimate of drug-likeness (QED) is 0.183. The minimum absolute atomic E-state index is 0.0610. The maximum atomic E-state index is 13.7. The number of esters is 1. The number of hydrazine groups is 1. The van der Waals surface area contributed by atoms with E-state index in [1.165, 1.54) is 0 Å². The molecule has 0 aliphatic carbocycles. The number of hydrogen-bond donors (Lipinski definition) is 1. The molecule has 1 N–H and O–H groups in total. The lowest BCUT2D eigenvalue weighted by Crippen LogP contribution is -2.61. The van der Waals surface area contributed by atoms with Gasteiger partial charge in [-0.25, -0.2) is 19.8 Å². The van der Waals surface area contributed by atoms with Gasteiger partial charge >= 0.3 is 18.2 Å². The van der Waals surface area contributed by atoms with Crippen LogP contribution in [0.1, 0.15) is 22.3 Å². The van der Waals surface area contributed by atoms with Crippen molar-refractivity contribution in [2.24, 2.45) is 0 Å². The highest BCUT2D eigenvalue weighted by atomic mass is 35.5. The number of hydrogen-bond acceptors (Lipinski definition) is 6. The van der Waals surface area contributed by atoms with Crippen LogP contribution in [0.15, 0.2) is 109 Å². The van der Waals surface area contributed by atoms with E-state index < -0.39 is 23.7 Å². The third-order valence-electron chi connectivity index (χ3n) is 6.18. The number of fused-ring (bicyclic) bond motifs is 1. The van der Waals surface area contributed by atoms with Gasteiger partial charge in [-0.15, -0.1) is 0 Å². The second-order valence-corrected chi connectivity index (χ2v) is 9.09. The van der Waals surface area contributed by atoms with E-state index in [9.17, 15) is 14.4 Å². The summed E-state index contributed by atoms with van der Waals surface area (Å²) in [5, 5.41) is 1.24. The lowest BCUT2D eigenvalue weighted by molar-refractivity contribution is -0.143. The van der Waals surface area contributed by atoms with Gasteiger partial charge in [0.05, 0.1) is 0 Å². The summed E-state index contributed by atoms with van der Waals surface area (Å²) in [6.45, 7) is -0.168. The summed E-state index contributed by atoms with van der Waals surface area (Å²) in [7, 11) is 0. The van der Waals surface area contributed by atoms with E-state index in [4.69, 9.17) is 25.8 Å². The Morgan fingerprint density at radius 3 is 1.97 bits per heavy atom. The summed E-state index contributed by atoms with van der Waals surface area (Å²) in [5.74, 6) is -0.580. The average Bonchev–Trinajstić information content (AvgIpc) is 3.27. The molecule has 5 rings (SSSR count). The standard InChI is InChI=1S/C30H23ClN2O6/c31-24-17-15-23(16-18-24)30(25-13-7-8-14-26(25)39-27(30)34)33(29(36)38-20-22-11-5-2-6-12-22)32-28(35)37-19-21-9-3-1-4-10-21/h1-18H,19-20H2,(H,32,35)/t30-/m1/s1. The molecule has 2 amide bonds. The molecule has 8 nitrogen and oxygen atoms in total. The van der Waals surface area contributed by atoms with E-state index in [0.717, 1.165) is 10.6 Å². The maximum absolute atomic E-state index is 13.7. The predicted octanol–water partition coefficient (Wildman–Crippen LogP) is 5.98. The van der Waals surface area contributed by atoms with Gasteiger partial charge in [-0.1, -0.05) is 103 Å². The molecule has 0 saturated heterocycles. The van der Waals surface area contributed by atoms with Gasteiger partial charge in [0.1, 0.15) is 19.0 Å². The van der Waals surface area contributed by atoms with Crippen molar-refractivity contribution < 1.29 is 28.6 Å². The number of amides is 2. The molecule has 0 spiro atoms. The third-order valence-corrected chi connectivity index (χ3v) is 6.43. The lowest BCUT2D eigenvalue weighted by atomic mass is 9.83. The zero-order valence-electron chi connectivity index (χ0n) is 20.6. The molecule has 196 valence electrons. The van der Waals surface area contributed by atoms with Crippen LogP contribution in [-0.2, 0) is 33.0 Å². The first-order valence-electron chi connectivity index (χ1n) is 12.0. The molecule has 0 aromatic heterocycles. The summed E-state index contributed by atoms with van der Waals surface area (Å²) in [6.07, 6.45) is -1.97. The minimum Gasteiger partial charge on any atom is -0.443 e. The minimum atomic E-state index is -1.93. The number of rotatable bonds is 6. The smallest absolute Gasteiger partial charge is 0.430 e. The highest BCUT2D eigenvalue weighted by molar-refractivity contribution is 6.30. The molecule has 39 heavy (non-hydrogen) atoms. The first-order chi connectivity index (χ1) is 19.0. The van der Waals surface area contributed by atoms with Crippen LogP contribution in [0.4, 0.5) is 9.59 Å². The molecule has 1 aliphatic rings. The van der Waals surface area contributed by atoms with E-state index in [0.29, 0.717) is 21.7 Å². The Hall–Kier alpha value is -4.82. The largest absolute Gasteiger partial charge is 0.443 e. The average molecular weight is 543 g/mol.